The molecule has 4 aliphatic heterocycles. The summed E-state index contributed by atoms with van der Waals surface area (Å²) in [6, 6.07) is 13.8. The first-order valence-electron chi connectivity index (χ1n) is 16.6. The largest absolute Gasteiger partial charge is 0.497 e. The fraction of sp³-hybridized carbons (Fsp3) is 0.571. The smallest absolute Gasteiger partial charge is 0.261 e. The van der Waals surface area contributed by atoms with Gasteiger partial charge < -0.3 is 29.7 Å². The maximum Gasteiger partial charge on any atom is 0.261 e. The molecular formula is C35H47N3O6Si. The van der Waals surface area contributed by atoms with Crippen LogP contribution in [0.1, 0.15) is 63.9 Å². The number of aliphatic hydroxyl groups is 1. The van der Waals surface area contributed by atoms with E-state index in [0.29, 0.717) is 25.2 Å². The zero-order valence-electron chi connectivity index (χ0n) is 27.0. The minimum atomic E-state index is -2.40. The van der Waals surface area contributed by atoms with E-state index in [4.69, 9.17) is 9.47 Å². The Morgan fingerprint density at radius 3 is 2.56 bits per heavy atom. The van der Waals surface area contributed by atoms with Gasteiger partial charge in [-0.15, -0.1) is 0 Å². The van der Waals surface area contributed by atoms with Gasteiger partial charge in [0, 0.05) is 42.4 Å². The van der Waals surface area contributed by atoms with Crippen molar-refractivity contribution in [2.24, 2.45) is 5.92 Å². The van der Waals surface area contributed by atoms with Crippen LogP contribution in [-0.4, -0.2) is 74.8 Å². The van der Waals surface area contributed by atoms with E-state index < -0.39 is 19.8 Å². The third kappa shape index (κ3) is 5.48. The van der Waals surface area contributed by atoms with Gasteiger partial charge in [-0.05, 0) is 61.6 Å². The summed E-state index contributed by atoms with van der Waals surface area (Å²) in [5.41, 5.74) is 0.878. The first kappa shape index (κ1) is 31.8. The SMILES string of the molecule is COc1ccc([Si](C)(C)[C@H]2[C@H](CC(=O)N3CCC[C@H]3CO)O[C@@]3(C(=O)Nc4ccc(N5CCCCCCC5=O)cc43)[C@@H]2C)cc1. The van der Waals surface area contributed by atoms with E-state index in [9.17, 15) is 19.5 Å². The summed E-state index contributed by atoms with van der Waals surface area (Å²) in [4.78, 5) is 44.9. The normalized spacial score (nSPS) is 28.6. The second-order valence-electron chi connectivity index (χ2n) is 13.8. The molecule has 5 atom stereocenters. The van der Waals surface area contributed by atoms with Crippen LogP contribution in [0.5, 0.6) is 5.75 Å². The van der Waals surface area contributed by atoms with Gasteiger partial charge in [-0.25, -0.2) is 0 Å². The van der Waals surface area contributed by atoms with Crippen LogP contribution in [0.2, 0.25) is 18.6 Å². The van der Waals surface area contributed by atoms with E-state index in [-0.39, 0.29) is 48.3 Å². The number of anilines is 2. The molecule has 9 nitrogen and oxygen atoms in total. The van der Waals surface area contributed by atoms with Gasteiger partial charge >= 0.3 is 0 Å². The Bertz CT molecular complexity index is 1450. The number of nitrogens with one attached hydrogen (secondary N) is 1. The fourth-order valence-electron chi connectivity index (χ4n) is 8.56. The van der Waals surface area contributed by atoms with Crippen LogP contribution in [-0.2, 0) is 24.7 Å². The number of ether oxygens (including phenoxy) is 2. The lowest BCUT2D eigenvalue weighted by Gasteiger charge is -2.37. The molecule has 4 aliphatic rings. The van der Waals surface area contributed by atoms with Crippen molar-refractivity contribution >= 4 is 42.4 Å². The number of nitrogens with zero attached hydrogens (tertiary/aromatic N) is 2. The second kappa shape index (κ2) is 12.5. The van der Waals surface area contributed by atoms with Crippen molar-refractivity contribution in [2.45, 2.75) is 94.7 Å². The Labute approximate surface area is 267 Å². The van der Waals surface area contributed by atoms with Crippen molar-refractivity contribution in [3.8, 4) is 5.75 Å². The molecule has 10 heteroatoms. The summed E-state index contributed by atoms with van der Waals surface area (Å²) in [5, 5.41) is 14.2. The van der Waals surface area contributed by atoms with E-state index in [1.54, 1.807) is 12.0 Å². The number of carbonyl (C=O) groups excluding carboxylic acids is 3. The van der Waals surface area contributed by atoms with Crippen molar-refractivity contribution in [2.75, 3.05) is 37.0 Å². The maximum atomic E-state index is 14.2. The average Bonchev–Trinajstić information content (AvgIpc) is 3.70. The molecule has 2 aromatic carbocycles. The van der Waals surface area contributed by atoms with E-state index in [2.05, 4.69) is 37.5 Å². The zero-order valence-corrected chi connectivity index (χ0v) is 28.0. The van der Waals surface area contributed by atoms with Crippen LogP contribution in [0.25, 0.3) is 0 Å². The van der Waals surface area contributed by atoms with Gasteiger partial charge in [-0.3, -0.25) is 14.4 Å². The van der Waals surface area contributed by atoms with Crippen LogP contribution in [0, 0.1) is 5.92 Å². The third-order valence-corrected chi connectivity index (χ3v) is 15.4. The number of likely N-dealkylation sites (tertiary alicyclic amines) is 1. The number of carbonyl (C=O) groups is 3. The van der Waals surface area contributed by atoms with Gasteiger partial charge in [0.05, 0.1) is 40.4 Å². The molecular weight excluding hydrogens is 586 g/mol. The zero-order chi connectivity index (χ0) is 31.9. The number of hydrogen-bond donors (Lipinski definition) is 2. The lowest BCUT2D eigenvalue weighted by molar-refractivity contribution is -0.148. The molecule has 0 aromatic heterocycles. The minimum Gasteiger partial charge on any atom is -0.497 e. The van der Waals surface area contributed by atoms with Gasteiger partial charge in [-0.2, -0.15) is 0 Å². The Hall–Kier alpha value is -3.21. The summed E-state index contributed by atoms with van der Waals surface area (Å²) >= 11 is 0. The molecule has 0 unspecified atom stereocenters. The molecule has 2 N–H and O–H groups in total. The second-order valence-corrected chi connectivity index (χ2v) is 18.5. The molecule has 2 aromatic rings. The first-order chi connectivity index (χ1) is 21.6. The molecule has 242 valence electrons. The number of methoxy groups -OCH3 is 1. The number of benzene rings is 2. The molecule has 0 saturated carbocycles. The van der Waals surface area contributed by atoms with Crippen LogP contribution < -0.4 is 20.1 Å². The number of aliphatic hydroxyl groups excluding tert-OH is 1. The predicted molar refractivity (Wildman–Crippen MR) is 177 cm³/mol. The Balaban J connectivity index is 1.41. The van der Waals surface area contributed by atoms with E-state index in [1.807, 2.05) is 35.2 Å². The number of hydrogen-bond acceptors (Lipinski definition) is 6. The molecule has 0 bridgehead atoms. The van der Waals surface area contributed by atoms with Gasteiger partial charge in [0.1, 0.15) is 5.75 Å². The first-order valence-corrected chi connectivity index (χ1v) is 19.7. The Morgan fingerprint density at radius 1 is 1.07 bits per heavy atom. The molecule has 0 radical (unpaired) electrons. The minimum absolute atomic E-state index is 0.0380. The highest BCUT2D eigenvalue weighted by molar-refractivity contribution is 6.91. The summed E-state index contributed by atoms with van der Waals surface area (Å²) < 4.78 is 12.5. The molecule has 0 aliphatic carbocycles. The van der Waals surface area contributed by atoms with Crippen molar-refractivity contribution in [1.82, 2.24) is 4.90 Å². The van der Waals surface area contributed by atoms with Crippen molar-refractivity contribution in [3.05, 3.63) is 48.0 Å². The lowest BCUT2D eigenvalue weighted by Crippen LogP contribution is -2.52. The van der Waals surface area contributed by atoms with Crippen molar-refractivity contribution in [3.63, 3.8) is 0 Å². The summed E-state index contributed by atoms with van der Waals surface area (Å²) in [6.45, 7) is 7.92. The monoisotopic (exact) mass is 633 g/mol. The summed E-state index contributed by atoms with van der Waals surface area (Å²) in [7, 11) is -0.747. The lowest BCUT2D eigenvalue weighted by atomic mass is 9.82. The molecule has 6 rings (SSSR count). The number of rotatable bonds is 7. The maximum absolute atomic E-state index is 14.2. The van der Waals surface area contributed by atoms with E-state index in [1.165, 1.54) is 5.19 Å². The summed E-state index contributed by atoms with van der Waals surface area (Å²) in [5.74, 6) is 0.395. The van der Waals surface area contributed by atoms with Crippen molar-refractivity contribution in [1.29, 1.82) is 0 Å². The fourth-order valence-corrected chi connectivity index (χ4v) is 12.6. The van der Waals surface area contributed by atoms with Crippen LogP contribution in [0.4, 0.5) is 11.4 Å². The highest BCUT2D eigenvalue weighted by Crippen LogP contribution is 2.59. The molecule has 3 amide bonds. The van der Waals surface area contributed by atoms with E-state index in [0.717, 1.165) is 55.5 Å². The predicted octanol–water partition coefficient (Wildman–Crippen LogP) is 4.53. The van der Waals surface area contributed by atoms with Gasteiger partial charge in [0.25, 0.3) is 5.91 Å². The topological polar surface area (TPSA) is 108 Å². The molecule has 1 spiro atoms. The van der Waals surface area contributed by atoms with Crippen LogP contribution in [0.3, 0.4) is 0 Å². The molecule has 4 heterocycles. The van der Waals surface area contributed by atoms with Crippen molar-refractivity contribution < 1.29 is 29.0 Å². The Kier molecular flexibility index (Phi) is 8.84. The highest BCUT2D eigenvalue weighted by Gasteiger charge is 2.65. The van der Waals surface area contributed by atoms with Crippen LogP contribution in [0.15, 0.2) is 42.5 Å². The van der Waals surface area contributed by atoms with Crippen LogP contribution >= 0.6 is 0 Å². The van der Waals surface area contributed by atoms with Gasteiger partial charge in [0.15, 0.2) is 5.60 Å². The number of amides is 3. The summed E-state index contributed by atoms with van der Waals surface area (Å²) in [6.07, 6.45) is 5.82. The van der Waals surface area contributed by atoms with Gasteiger partial charge in [-0.1, -0.05) is 50.2 Å². The molecule has 45 heavy (non-hydrogen) atoms. The van der Waals surface area contributed by atoms with E-state index >= 15 is 0 Å². The Morgan fingerprint density at radius 2 is 1.82 bits per heavy atom. The standard InChI is InChI=1S/C35H47N3O6Si/c1-23-33(45(3,4)27-15-13-26(43-2)14-16-27)30(21-32(41)38-19-9-10-25(38)22-39)44-35(23)28-20-24(12-17-29(28)36-34(35)42)37-18-8-6-5-7-11-31(37)40/h12-17,20,23,25,30,33,39H,5-11,18-19,21-22H2,1-4H3,(H,36,42)/t23-,25+,30+,33-,35+/m1/s1. The molecule has 3 fully saturated rings. The average molecular weight is 634 g/mol. The van der Waals surface area contributed by atoms with Gasteiger partial charge in [0.2, 0.25) is 11.8 Å². The third-order valence-electron chi connectivity index (χ3n) is 11.0. The molecule has 3 saturated heterocycles. The quantitative estimate of drug-likeness (QED) is 0.434. The number of fused-ring (bicyclic) bond motifs is 2. The highest BCUT2D eigenvalue weighted by atomic mass is 28.3.